The molecule has 6 aromatic rings. The second kappa shape index (κ2) is 9.15. The Morgan fingerprint density at radius 3 is 2.84 bits per heavy atom. The van der Waals surface area contributed by atoms with E-state index in [2.05, 4.69) is 40.4 Å². The zero-order chi connectivity index (χ0) is 25.5. The number of aromatic nitrogens is 7. The molecule has 0 aliphatic heterocycles. The SMILES string of the molecule is CN(C)CC(=O)Nc1cncc(-c2cc3c(-c4nc5nccc(-c6ccc(F)s6)c5[nH]4)n[nH]c3cn2)c1. The molecule has 184 valence electrons. The molecule has 3 N–H and O–H groups in total. The van der Waals surface area contributed by atoms with Crippen molar-refractivity contribution in [1.29, 1.82) is 0 Å². The number of H-pyrrole nitrogens is 2. The molecule has 0 fully saturated rings. The average Bonchev–Trinajstić information content (AvgIpc) is 3.60. The van der Waals surface area contributed by atoms with E-state index in [4.69, 9.17) is 0 Å². The lowest BCUT2D eigenvalue weighted by Crippen LogP contribution is -2.27. The molecular formula is C25H20FN9OS. The number of carbonyl (C=O) groups is 1. The Morgan fingerprint density at radius 2 is 2.03 bits per heavy atom. The molecule has 37 heavy (non-hydrogen) atoms. The molecule has 12 heteroatoms. The summed E-state index contributed by atoms with van der Waals surface area (Å²) in [6.07, 6.45) is 6.63. The first kappa shape index (κ1) is 22.9. The van der Waals surface area contributed by atoms with Crippen LogP contribution in [0.3, 0.4) is 0 Å². The average molecular weight is 514 g/mol. The minimum absolute atomic E-state index is 0.132. The number of likely N-dealkylation sites (N-methyl/N-ethyl adjacent to an activating group) is 1. The minimum atomic E-state index is -0.256. The van der Waals surface area contributed by atoms with Gasteiger partial charge in [0.25, 0.3) is 0 Å². The molecule has 0 spiro atoms. The van der Waals surface area contributed by atoms with Crippen LogP contribution in [0.15, 0.2) is 55.1 Å². The maximum Gasteiger partial charge on any atom is 0.238 e. The van der Waals surface area contributed by atoms with Crippen LogP contribution in [0.5, 0.6) is 0 Å². The van der Waals surface area contributed by atoms with Crippen LogP contribution >= 0.6 is 11.3 Å². The standard InChI is InChI=1S/C25H20FN9OS/c1-35(2)12-21(36)30-14-7-13(9-27-10-14)17-8-16-18(11-29-17)33-34-23(16)25-31-22-15(5-6-28-24(22)32-25)19-3-4-20(26)37-19/h3-11H,12H2,1-2H3,(H,30,36)(H,33,34)(H,28,31,32). The number of hydrogen-bond donors (Lipinski definition) is 3. The fourth-order valence-corrected chi connectivity index (χ4v) is 4.84. The van der Waals surface area contributed by atoms with E-state index >= 15 is 0 Å². The lowest BCUT2D eigenvalue weighted by atomic mass is 10.1. The molecule has 0 bridgehead atoms. The predicted octanol–water partition coefficient (Wildman–Crippen LogP) is 4.33. The molecule has 0 radical (unpaired) electrons. The van der Waals surface area contributed by atoms with Gasteiger partial charge in [-0.15, -0.1) is 11.3 Å². The molecule has 0 aliphatic rings. The van der Waals surface area contributed by atoms with Crippen molar-refractivity contribution in [2.75, 3.05) is 26.0 Å². The van der Waals surface area contributed by atoms with E-state index in [0.717, 1.165) is 38.2 Å². The van der Waals surface area contributed by atoms with Gasteiger partial charge < -0.3 is 15.2 Å². The number of amides is 1. The van der Waals surface area contributed by atoms with E-state index in [-0.39, 0.29) is 17.6 Å². The third-order valence-corrected chi connectivity index (χ3v) is 6.59. The molecule has 10 nitrogen and oxygen atoms in total. The monoisotopic (exact) mass is 513 g/mol. The van der Waals surface area contributed by atoms with Gasteiger partial charge in [-0.1, -0.05) is 0 Å². The Labute approximate surface area is 213 Å². The fraction of sp³-hybridized carbons (Fsp3) is 0.120. The Bertz CT molecular complexity index is 1770. The topological polar surface area (TPSA) is 128 Å². The molecule has 6 heterocycles. The molecule has 6 aromatic heterocycles. The summed E-state index contributed by atoms with van der Waals surface area (Å²) in [5.41, 5.74) is 5.35. The van der Waals surface area contributed by atoms with Crippen LogP contribution in [-0.4, -0.2) is 66.6 Å². The van der Waals surface area contributed by atoms with Crippen molar-refractivity contribution in [2.24, 2.45) is 0 Å². The number of nitrogens with zero attached hydrogens (tertiary/aromatic N) is 6. The van der Waals surface area contributed by atoms with Gasteiger partial charge in [-0.05, 0) is 44.4 Å². The highest BCUT2D eigenvalue weighted by molar-refractivity contribution is 7.14. The van der Waals surface area contributed by atoms with Crippen molar-refractivity contribution in [3.8, 4) is 33.2 Å². The number of halogens is 1. The molecule has 0 unspecified atom stereocenters. The van der Waals surface area contributed by atoms with Gasteiger partial charge in [0, 0.05) is 33.8 Å². The Kier molecular flexibility index (Phi) is 5.66. The van der Waals surface area contributed by atoms with Crippen LogP contribution in [0.25, 0.3) is 55.3 Å². The first-order valence-corrected chi connectivity index (χ1v) is 12.1. The summed E-state index contributed by atoms with van der Waals surface area (Å²) >= 11 is 1.07. The second-order valence-electron chi connectivity index (χ2n) is 8.68. The molecule has 0 atom stereocenters. The predicted molar refractivity (Wildman–Crippen MR) is 140 cm³/mol. The van der Waals surface area contributed by atoms with E-state index < -0.39 is 0 Å². The smallest absolute Gasteiger partial charge is 0.238 e. The van der Waals surface area contributed by atoms with Crippen LogP contribution < -0.4 is 5.32 Å². The second-order valence-corrected chi connectivity index (χ2v) is 9.72. The molecule has 1 amide bonds. The third-order valence-electron chi connectivity index (χ3n) is 5.68. The third kappa shape index (κ3) is 4.43. The number of nitrogens with one attached hydrogen (secondary N) is 3. The number of pyridine rings is 3. The Hall–Kier alpha value is -4.55. The summed E-state index contributed by atoms with van der Waals surface area (Å²) in [6.45, 7) is 0.266. The highest BCUT2D eigenvalue weighted by Crippen LogP contribution is 2.34. The summed E-state index contributed by atoms with van der Waals surface area (Å²) in [5.74, 6) is 0.394. The van der Waals surface area contributed by atoms with Crippen molar-refractivity contribution in [3.05, 3.63) is 60.3 Å². The zero-order valence-corrected chi connectivity index (χ0v) is 20.6. The van der Waals surface area contributed by atoms with Gasteiger partial charge >= 0.3 is 0 Å². The van der Waals surface area contributed by atoms with Crippen LogP contribution in [-0.2, 0) is 4.79 Å². The van der Waals surface area contributed by atoms with Gasteiger partial charge in [0.2, 0.25) is 5.91 Å². The largest absolute Gasteiger partial charge is 0.335 e. The van der Waals surface area contributed by atoms with Gasteiger partial charge in [0.15, 0.2) is 16.6 Å². The molecule has 0 saturated carbocycles. The highest BCUT2D eigenvalue weighted by Gasteiger charge is 2.17. The number of anilines is 1. The van der Waals surface area contributed by atoms with Crippen molar-refractivity contribution in [1.82, 2.24) is 40.0 Å². The summed E-state index contributed by atoms with van der Waals surface area (Å²) in [4.78, 5) is 35.9. The molecular weight excluding hydrogens is 493 g/mol. The van der Waals surface area contributed by atoms with Gasteiger partial charge in [-0.2, -0.15) is 9.49 Å². The lowest BCUT2D eigenvalue weighted by Gasteiger charge is -2.10. The number of rotatable bonds is 6. The first-order chi connectivity index (χ1) is 17.9. The van der Waals surface area contributed by atoms with Crippen LogP contribution in [0.4, 0.5) is 10.1 Å². The number of thiophene rings is 1. The lowest BCUT2D eigenvalue weighted by molar-refractivity contribution is -0.116. The van der Waals surface area contributed by atoms with E-state index in [0.29, 0.717) is 34.1 Å². The number of fused-ring (bicyclic) bond motifs is 2. The van der Waals surface area contributed by atoms with E-state index in [1.165, 1.54) is 6.07 Å². The first-order valence-electron chi connectivity index (χ1n) is 11.3. The number of hydrogen-bond acceptors (Lipinski definition) is 8. The number of carbonyl (C=O) groups excluding carboxylic acids is 1. The Morgan fingerprint density at radius 1 is 1.14 bits per heavy atom. The summed E-state index contributed by atoms with van der Waals surface area (Å²) < 4.78 is 13.7. The van der Waals surface area contributed by atoms with Crippen molar-refractivity contribution >= 4 is 45.0 Å². The van der Waals surface area contributed by atoms with Crippen LogP contribution in [0.2, 0.25) is 0 Å². The van der Waals surface area contributed by atoms with Crippen LogP contribution in [0, 0.1) is 5.13 Å². The van der Waals surface area contributed by atoms with Crippen molar-refractivity contribution in [3.63, 3.8) is 0 Å². The summed E-state index contributed by atoms with van der Waals surface area (Å²) in [5, 5.41) is 10.9. The van der Waals surface area contributed by atoms with Crippen molar-refractivity contribution in [2.45, 2.75) is 0 Å². The maximum atomic E-state index is 13.7. The normalized spacial score (nSPS) is 11.6. The van der Waals surface area contributed by atoms with Crippen LogP contribution in [0.1, 0.15) is 0 Å². The highest BCUT2D eigenvalue weighted by atomic mass is 32.1. The number of imidazole rings is 1. The Balaban J connectivity index is 1.38. The van der Waals surface area contributed by atoms with Gasteiger partial charge in [0.1, 0.15) is 5.69 Å². The van der Waals surface area contributed by atoms with E-state index in [1.54, 1.807) is 35.8 Å². The van der Waals surface area contributed by atoms with Crippen molar-refractivity contribution < 1.29 is 9.18 Å². The molecule has 6 rings (SSSR count). The molecule has 0 aromatic carbocycles. The summed E-state index contributed by atoms with van der Waals surface area (Å²) in [6, 6.07) is 8.73. The molecule has 0 aliphatic carbocycles. The van der Waals surface area contributed by atoms with Gasteiger partial charge in [-0.25, -0.2) is 9.97 Å². The van der Waals surface area contributed by atoms with E-state index in [9.17, 15) is 9.18 Å². The van der Waals surface area contributed by atoms with Gasteiger partial charge in [-0.3, -0.25) is 19.9 Å². The van der Waals surface area contributed by atoms with Gasteiger partial charge in [0.05, 0.1) is 41.4 Å². The fourth-order valence-electron chi connectivity index (χ4n) is 4.08. The molecule has 0 saturated heterocycles. The quantitative estimate of drug-likeness (QED) is 0.302. The zero-order valence-electron chi connectivity index (χ0n) is 19.8. The van der Waals surface area contributed by atoms with E-state index in [1.807, 2.05) is 32.3 Å². The number of aromatic amines is 2. The minimum Gasteiger partial charge on any atom is -0.335 e. The maximum absolute atomic E-state index is 13.7. The summed E-state index contributed by atoms with van der Waals surface area (Å²) in [7, 11) is 3.66.